The third-order valence-electron chi connectivity index (χ3n) is 5.56. The number of piperidine rings is 1. The number of amides is 1. The van der Waals surface area contributed by atoms with E-state index in [1.807, 2.05) is 40.8 Å². The van der Waals surface area contributed by atoms with Crippen LogP contribution in [0.5, 0.6) is 0 Å². The molecule has 5 heteroatoms. The number of hydrogen-bond donors (Lipinski definition) is 0. The number of aromatic nitrogens is 2. The van der Waals surface area contributed by atoms with E-state index in [1.54, 1.807) is 13.3 Å². The summed E-state index contributed by atoms with van der Waals surface area (Å²) in [5, 5.41) is 0. The summed E-state index contributed by atoms with van der Waals surface area (Å²) in [6.07, 6.45) is 5.31. The first-order valence-electron chi connectivity index (χ1n) is 9.40. The Labute approximate surface area is 156 Å². The van der Waals surface area contributed by atoms with Gasteiger partial charge in [-0.3, -0.25) is 4.79 Å². The summed E-state index contributed by atoms with van der Waals surface area (Å²) in [4.78, 5) is 19.4. The molecular formula is C21H29N3O2. The average Bonchev–Trinajstić information content (AvgIpc) is 3.18. The van der Waals surface area contributed by atoms with Crippen LogP contribution >= 0.6 is 0 Å². The van der Waals surface area contributed by atoms with Crippen molar-refractivity contribution in [1.29, 1.82) is 0 Å². The molecule has 1 amide bonds. The van der Waals surface area contributed by atoms with Crippen LogP contribution in [0, 0.1) is 0 Å². The maximum atomic E-state index is 13.0. The first kappa shape index (κ1) is 18.6. The van der Waals surface area contributed by atoms with Crippen LogP contribution < -0.4 is 0 Å². The minimum Gasteiger partial charge on any atom is -0.373 e. The van der Waals surface area contributed by atoms with Gasteiger partial charge in [0.25, 0.3) is 0 Å². The number of ether oxygens (including phenoxy) is 1. The van der Waals surface area contributed by atoms with Crippen molar-refractivity contribution in [2.24, 2.45) is 0 Å². The fourth-order valence-electron chi connectivity index (χ4n) is 3.92. The van der Waals surface area contributed by atoms with Crippen molar-refractivity contribution in [2.75, 3.05) is 20.2 Å². The van der Waals surface area contributed by atoms with Crippen LogP contribution in [-0.4, -0.2) is 40.6 Å². The summed E-state index contributed by atoms with van der Waals surface area (Å²) in [6, 6.07) is 10.1. The highest BCUT2D eigenvalue weighted by molar-refractivity contribution is 5.80. The Morgan fingerprint density at radius 1 is 1.15 bits per heavy atom. The predicted molar refractivity (Wildman–Crippen MR) is 102 cm³/mol. The van der Waals surface area contributed by atoms with Gasteiger partial charge in [0.2, 0.25) is 5.91 Å². The normalized spacial score (nSPS) is 18.1. The van der Waals surface area contributed by atoms with Gasteiger partial charge in [0.05, 0.1) is 5.60 Å². The minimum atomic E-state index is -0.292. The van der Waals surface area contributed by atoms with Crippen molar-refractivity contribution in [3.8, 4) is 0 Å². The van der Waals surface area contributed by atoms with Crippen LogP contribution in [0.1, 0.15) is 57.0 Å². The largest absolute Gasteiger partial charge is 0.373 e. The van der Waals surface area contributed by atoms with E-state index in [-0.39, 0.29) is 17.6 Å². The van der Waals surface area contributed by atoms with Gasteiger partial charge in [-0.2, -0.15) is 0 Å². The first-order valence-corrected chi connectivity index (χ1v) is 9.40. The minimum absolute atomic E-state index is 0.155. The molecule has 3 rings (SSSR count). The lowest BCUT2D eigenvalue weighted by Gasteiger charge is -2.42. The van der Waals surface area contributed by atoms with Crippen LogP contribution in [0.2, 0.25) is 0 Å². The molecular weight excluding hydrogens is 326 g/mol. The van der Waals surface area contributed by atoms with Gasteiger partial charge in [0, 0.05) is 38.5 Å². The number of hydrogen-bond acceptors (Lipinski definition) is 3. The summed E-state index contributed by atoms with van der Waals surface area (Å²) in [5.41, 5.74) is 0.902. The zero-order valence-electron chi connectivity index (χ0n) is 16.2. The fraction of sp³-hybridized carbons (Fsp3) is 0.524. The van der Waals surface area contributed by atoms with E-state index in [2.05, 4.69) is 31.0 Å². The quantitative estimate of drug-likeness (QED) is 0.821. The van der Waals surface area contributed by atoms with E-state index >= 15 is 0 Å². The van der Waals surface area contributed by atoms with Crippen LogP contribution in [-0.2, 0) is 15.1 Å². The Kier molecular flexibility index (Phi) is 5.47. The monoisotopic (exact) mass is 355 g/mol. The van der Waals surface area contributed by atoms with Gasteiger partial charge in [0.15, 0.2) is 0 Å². The Balaban J connectivity index is 1.71. The van der Waals surface area contributed by atoms with Gasteiger partial charge in [-0.1, -0.05) is 44.2 Å². The second-order valence-corrected chi connectivity index (χ2v) is 7.41. The third-order valence-corrected chi connectivity index (χ3v) is 5.56. The van der Waals surface area contributed by atoms with Crippen molar-refractivity contribution in [3.63, 3.8) is 0 Å². The van der Waals surface area contributed by atoms with E-state index in [9.17, 15) is 4.79 Å². The van der Waals surface area contributed by atoms with E-state index < -0.39 is 0 Å². The number of benzene rings is 1. The molecule has 1 aromatic carbocycles. The molecule has 140 valence electrons. The van der Waals surface area contributed by atoms with Gasteiger partial charge in [-0.25, -0.2) is 4.98 Å². The van der Waals surface area contributed by atoms with Crippen LogP contribution in [0.3, 0.4) is 0 Å². The lowest BCUT2D eigenvalue weighted by Crippen LogP contribution is -2.47. The molecule has 1 atom stereocenters. The zero-order chi connectivity index (χ0) is 18.7. The lowest BCUT2D eigenvalue weighted by molar-refractivity contribution is -0.140. The number of carbonyl (C=O) groups excluding carboxylic acids is 1. The summed E-state index contributed by atoms with van der Waals surface area (Å²) < 4.78 is 7.93. The van der Waals surface area contributed by atoms with E-state index in [1.165, 1.54) is 5.56 Å². The molecule has 5 nitrogen and oxygen atoms in total. The second-order valence-electron chi connectivity index (χ2n) is 7.41. The standard InChI is InChI=1S/C21H29N3O2/c1-16(2)19-22-12-15-24(19)17(3)20(25)23-13-10-21(26-4,11-14-23)18-8-6-5-7-9-18/h5-9,12,15-17H,10-11,13-14H2,1-4H3. The summed E-state index contributed by atoms with van der Waals surface area (Å²) in [7, 11) is 1.77. The van der Waals surface area contributed by atoms with E-state index in [0.29, 0.717) is 19.0 Å². The van der Waals surface area contributed by atoms with Crippen molar-refractivity contribution >= 4 is 5.91 Å². The Morgan fingerprint density at radius 2 is 1.81 bits per heavy atom. The molecule has 0 N–H and O–H groups in total. The van der Waals surface area contributed by atoms with E-state index in [4.69, 9.17) is 4.74 Å². The Morgan fingerprint density at radius 3 is 2.38 bits per heavy atom. The van der Waals surface area contributed by atoms with Crippen molar-refractivity contribution in [2.45, 2.75) is 51.2 Å². The fourth-order valence-corrected chi connectivity index (χ4v) is 3.92. The molecule has 26 heavy (non-hydrogen) atoms. The maximum absolute atomic E-state index is 13.0. The molecule has 1 unspecified atom stereocenters. The van der Waals surface area contributed by atoms with Crippen LogP contribution in [0.15, 0.2) is 42.7 Å². The predicted octanol–water partition coefficient (Wildman–Crippen LogP) is 3.73. The molecule has 1 fully saturated rings. The molecule has 0 bridgehead atoms. The van der Waals surface area contributed by atoms with Gasteiger partial charge in [-0.15, -0.1) is 0 Å². The zero-order valence-corrected chi connectivity index (χ0v) is 16.2. The number of rotatable bonds is 5. The molecule has 1 saturated heterocycles. The van der Waals surface area contributed by atoms with Gasteiger partial charge >= 0.3 is 0 Å². The highest BCUT2D eigenvalue weighted by Crippen LogP contribution is 2.36. The second kappa shape index (κ2) is 7.62. The van der Waals surface area contributed by atoms with Crippen molar-refractivity contribution in [1.82, 2.24) is 14.5 Å². The van der Waals surface area contributed by atoms with Gasteiger partial charge in [0.1, 0.15) is 11.9 Å². The number of nitrogens with zero attached hydrogens (tertiary/aromatic N) is 3. The number of carbonyl (C=O) groups is 1. The molecule has 1 aliphatic heterocycles. The number of imidazole rings is 1. The maximum Gasteiger partial charge on any atom is 0.245 e. The number of methoxy groups -OCH3 is 1. The van der Waals surface area contributed by atoms with Gasteiger partial charge < -0.3 is 14.2 Å². The molecule has 2 aromatic rings. The Hall–Kier alpha value is -2.14. The molecule has 1 aromatic heterocycles. The van der Waals surface area contributed by atoms with E-state index in [0.717, 1.165) is 18.7 Å². The highest BCUT2D eigenvalue weighted by Gasteiger charge is 2.38. The SMILES string of the molecule is COC1(c2ccccc2)CCN(C(=O)C(C)n2ccnc2C(C)C)CC1. The van der Waals surface area contributed by atoms with Crippen molar-refractivity contribution in [3.05, 3.63) is 54.1 Å². The van der Waals surface area contributed by atoms with Crippen LogP contribution in [0.4, 0.5) is 0 Å². The molecule has 0 aliphatic carbocycles. The smallest absolute Gasteiger partial charge is 0.245 e. The molecule has 0 spiro atoms. The molecule has 0 radical (unpaired) electrons. The first-order chi connectivity index (χ1) is 12.5. The summed E-state index contributed by atoms with van der Waals surface area (Å²) in [5.74, 6) is 1.40. The topological polar surface area (TPSA) is 47.4 Å². The number of likely N-dealkylation sites (tertiary alicyclic amines) is 1. The third kappa shape index (κ3) is 3.40. The Bertz CT molecular complexity index is 731. The highest BCUT2D eigenvalue weighted by atomic mass is 16.5. The summed E-state index contributed by atoms with van der Waals surface area (Å²) >= 11 is 0. The lowest BCUT2D eigenvalue weighted by atomic mass is 9.84. The molecule has 0 saturated carbocycles. The molecule has 1 aliphatic rings. The average molecular weight is 355 g/mol. The van der Waals surface area contributed by atoms with Gasteiger partial charge in [-0.05, 0) is 25.3 Å². The van der Waals surface area contributed by atoms with Crippen LogP contribution in [0.25, 0.3) is 0 Å². The summed E-state index contributed by atoms with van der Waals surface area (Å²) in [6.45, 7) is 7.58. The molecule has 2 heterocycles. The van der Waals surface area contributed by atoms with Crippen molar-refractivity contribution < 1.29 is 9.53 Å².